The Hall–Kier alpha value is -3.14. The van der Waals surface area contributed by atoms with Gasteiger partial charge in [-0.15, -0.1) is 0 Å². The van der Waals surface area contributed by atoms with Gasteiger partial charge in [0, 0.05) is 35.9 Å². The summed E-state index contributed by atoms with van der Waals surface area (Å²) in [5.41, 5.74) is 1.04. The number of hydrogen-bond acceptors (Lipinski definition) is 7. The maximum atomic E-state index is 13.5. The molecule has 3 saturated heterocycles. The average molecular weight is 456 g/mol. The molecule has 4 aliphatic heterocycles. The van der Waals surface area contributed by atoms with Crippen molar-refractivity contribution in [2.75, 3.05) is 32.3 Å². The third kappa shape index (κ3) is 2.36. The maximum Gasteiger partial charge on any atom is 0.329 e. The van der Waals surface area contributed by atoms with E-state index in [0.29, 0.717) is 36.6 Å². The Balaban J connectivity index is 1.58. The predicted octanol–water partition coefficient (Wildman–Crippen LogP) is 0.350. The normalized spacial score (nSPS) is 35.5. The van der Waals surface area contributed by atoms with Crippen LogP contribution < -0.4 is 14.4 Å². The van der Waals surface area contributed by atoms with E-state index < -0.39 is 53.7 Å². The fourth-order valence-electron chi connectivity index (χ4n) is 7.35. The first-order valence-electron chi connectivity index (χ1n) is 11.1. The molecule has 1 N–H and O–H groups in total. The summed E-state index contributed by atoms with van der Waals surface area (Å²) < 4.78 is 16.8. The summed E-state index contributed by atoms with van der Waals surface area (Å²) in [5, 5.41) is 9.18. The molecule has 33 heavy (non-hydrogen) atoms. The van der Waals surface area contributed by atoms with Gasteiger partial charge in [0.15, 0.2) is 11.5 Å². The molecule has 1 spiro atoms. The topological polar surface area (TPSA) is 123 Å². The standard InChI is InChI=1S/C23H24N2O8/c1-31-13-6-11-12(7-14(13)32-2)25-17(26)8-15(33-9-18(27)28)19-10-5-16-23(11,21(19)25)3-4-24(16)22(30)20(10)29/h6-7,10,15-16,19,21H,3-5,8-9H2,1-2H3,(H,27,28)/t10-,15+,16+,19+,21-,23-/m0/s1. The van der Waals surface area contributed by atoms with Gasteiger partial charge >= 0.3 is 5.97 Å². The number of carboxylic acid groups (broad SMARTS) is 1. The summed E-state index contributed by atoms with van der Waals surface area (Å²) in [6.07, 6.45) is 0.279. The van der Waals surface area contributed by atoms with Crippen molar-refractivity contribution >= 4 is 29.3 Å². The number of ketones is 1. The summed E-state index contributed by atoms with van der Waals surface area (Å²) >= 11 is 0. The van der Waals surface area contributed by atoms with E-state index in [1.165, 1.54) is 7.11 Å². The molecule has 0 aromatic heterocycles. The van der Waals surface area contributed by atoms with Gasteiger partial charge in [0.1, 0.15) is 6.61 Å². The van der Waals surface area contributed by atoms with E-state index in [2.05, 4.69) is 0 Å². The number of methoxy groups -OCH3 is 2. The number of aliphatic carboxylic acids is 1. The minimum Gasteiger partial charge on any atom is -0.493 e. The molecule has 174 valence electrons. The average Bonchev–Trinajstić information content (AvgIpc) is 3.34. The molecule has 0 unspecified atom stereocenters. The Morgan fingerprint density at radius 2 is 1.91 bits per heavy atom. The van der Waals surface area contributed by atoms with E-state index >= 15 is 0 Å². The van der Waals surface area contributed by atoms with Crippen LogP contribution in [0.5, 0.6) is 11.5 Å². The largest absolute Gasteiger partial charge is 0.493 e. The maximum absolute atomic E-state index is 13.5. The van der Waals surface area contributed by atoms with Gasteiger partial charge < -0.3 is 29.1 Å². The summed E-state index contributed by atoms with van der Waals surface area (Å²) in [5.74, 6) is -2.33. The van der Waals surface area contributed by atoms with Crippen molar-refractivity contribution < 1.29 is 38.5 Å². The number of carbonyl (C=O) groups excluding carboxylic acids is 3. The lowest BCUT2D eigenvalue weighted by molar-refractivity contribution is -0.166. The molecular weight excluding hydrogens is 432 g/mol. The van der Waals surface area contributed by atoms with Crippen molar-refractivity contribution in [3.63, 3.8) is 0 Å². The summed E-state index contributed by atoms with van der Waals surface area (Å²) in [6, 6.07) is 3.07. The van der Waals surface area contributed by atoms with Crippen molar-refractivity contribution in [2.45, 2.75) is 42.9 Å². The molecule has 2 amide bonds. The van der Waals surface area contributed by atoms with Crippen LogP contribution in [0.25, 0.3) is 0 Å². The predicted molar refractivity (Wildman–Crippen MR) is 111 cm³/mol. The summed E-state index contributed by atoms with van der Waals surface area (Å²) in [4.78, 5) is 54.3. The molecular formula is C23H24N2O8. The van der Waals surface area contributed by atoms with Crippen LogP contribution in [0.15, 0.2) is 12.1 Å². The molecule has 4 fully saturated rings. The SMILES string of the molecule is COc1cc2c(cc1OC)[C@@]13CCN4C(=O)C(=O)[C@@H](C[C@@H]41)[C@H]1[C@@H]3N2C(=O)C[C@H]1OCC(=O)O. The molecule has 5 aliphatic rings. The van der Waals surface area contributed by atoms with Crippen molar-refractivity contribution in [3.8, 4) is 11.5 Å². The highest BCUT2D eigenvalue weighted by Gasteiger charge is 2.73. The monoisotopic (exact) mass is 456 g/mol. The van der Waals surface area contributed by atoms with Gasteiger partial charge in [-0.05, 0) is 24.5 Å². The fourth-order valence-corrected chi connectivity index (χ4v) is 7.35. The molecule has 4 heterocycles. The third-order valence-corrected chi connectivity index (χ3v) is 8.42. The minimum atomic E-state index is -1.14. The number of nitrogens with zero attached hydrogens (tertiary/aromatic N) is 2. The quantitative estimate of drug-likeness (QED) is 0.630. The number of anilines is 1. The molecule has 10 heteroatoms. The number of fused-ring (bicyclic) bond motifs is 4. The van der Waals surface area contributed by atoms with Crippen molar-refractivity contribution in [3.05, 3.63) is 17.7 Å². The van der Waals surface area contributed by atoms with Gasteiger partial charge in [-0.25, -0.2) is 4.79 Å². The van der Waals surface area contributed by atoms with Crippen LogP contribution in [0.4, 0.5) is 5.69 Å². The van der Waals surface area contributed by atoms with E-state index in [9.17, 15) is 24.3 Å². The molecule has 1 aliphatic carbocycles. The van der Waals surface area contributed by atoms with Gasteiger partial charge in [-0.3, -0.25) is 14.4 Å². The van der Waals surface area contributed by atoms with Gasteiger partial charge in [0.2, 0.25) is 11.7 Å². The zero-order valence-corrected chi connectivity index (χ0v) is 18.3. The lowest BCUT2D eigenvalue weighted by atomic mass is 9.54. The highest BCUT2D eigenvalue weighted by molar-refractivity contribution is 6.38. The fraction of sp³-hybridized carbons (Fsp3) is 0.565. The second-order valence-corrected chi connectivity index (χ2v) is 9.47. The zero-order chi connectivity index (χ0) is 23.2. The van der Waals surface area contributed by atoms with Crippen LogP contribution in [0.1, 0.15) is 24.8 Å². The van der Waals surface area contributed by atoms with Gasteiger partial charge in [0.25, 0.3) is 5.91 Å². The zero-order valence-electron chi connectivity index (χ0n) is 18.3. The van der Waals surface area contributed by atoms with Crippen LogP contribution in [0.2, 0.25) is 0 Å². The van der Waals surface area contributed by atoms with Crippen LogP contribution in [0.3, 0.4) is 0 Å². The number of hydrogen-bond donors (Lipinski definition) is 1. The summed E-state index contributed by atoms with van der Waals surface area (Å²) in [7, 11) is 3.08. The Morgan fingerprint density at radius 1 is 1.18 bits per heavy atom. The van der Waals surface area contributed by atoms with Gasteiger partial charge in [0.05, 0.1) is 38.5 Å². The lowest BCUT2D eigenvalue weighted by Gasteiger charge is -2.57. The lowest BCUT2D eigenvalue weighted by Crippen LogP contribution is -2.71. The van der Waals surface area contributed by atoms with Crippen molar-refractivity contribution in [1.82, 2.24) is 4.90 Å². The molecule has 6 atom stereocenters. The van der Waals surface area contributed by atoms with E-state index in [4.69, 9.17) is 14.2 Å². The number of Topliss-reactive ketones (excluding diaryl/α,β-unsaturated/α-hetero) is 1. The Bertz CT molecular complexity index is 1120. The molecule has 1 aromatic carbocycles. The van der Waals surface area contributed by atoms with E-state index in [1.807, 2.05) is 6.07 Å². The Morgan fingerprint density at radius 3 is 2.61 bits per heavy atom. The van der Waals surface area contributed by atoms with Crippen LogP contribution >= 0.6 is 0 Å². The highest BCUT2D eigenvalue weighted by atomic mass is 16.5. The first-order chi connectivity index (χ1) is 15.8. The molecule has 10 nitrogen and oxygen atoms in total. The smallest absolute Gasteiger partial charge is 0.329 e. The number of piperidine rings is 2. The highest BCUT2D eigenvalue weighted by Crippen LogP contribution is 2.65. The third-order valence-electron chi connectivity index (χ3n) is 8.42. The Kier molecular flexibility index (Phi) is 4.15. The molecule has 6 rings (SSSR count). The number of rotatable bonds is 5. The molecule has 1 aromatic rings. The van der Waals surface area contributed by atoms with Crippen LogP contribution in [-0.2, 0) is 29.3 Å². The van der Waals surface area contributed by atoms with Gasteiger partial charge in [-0.2, -0.15) is 0 Å². The Labute approximate surface area is 189 Å². The number of ether oxygens (including phenoxy) is 3. The van der Waals surface area contributed by atoms with E-state index in [0.717, 1.165) is 5.56 Å². The molecule has 2 bridgehead atoms. The molecule has 1 saturated carbocycles. The van der Waals surface area contributed by atoms with E-state index in [1.54, 1.807) is 23.0 Å². The van der Waals surface area contributed by atoms with Crippen LogP contribution in [0, 0.1) is 11.8 Å². The second-order valence-electron chi connectivity index (χ2n) is 9.47. The van der Waals surface area contributed by atoms with E-state index in [-0.39, 0.29) is 18.4 Å². The van der Waals surface area contributed by atoms with Crippen molar-refractivity contribution in [1.29, 1.82) is 0 Å². The molecule has 0 radical (unpaired) electrons. The number of amides is 2. The first kappa shape index (κ1) is 20.5. The minimum absolute atomic E-state index is 0.0509. The van der Waals surface area contributed by atoms with Crippen LogP contribution in [-0.4, -0.2) is 79.1 Å². The number of benzene rings is 1. The summed E-state index contributed by atoms with van der Waals surface area (Å²) in [6.45, 7) is -0.130. The first-order valence-corrected chi connectivity index (χ1v) is 11.1. The second kappa shape index (κ2) is 6.69. The van der Waals surface area contributed by atoms with Gasteiger partial charge in [-0.1, -0.05) is 0 Å². The number of carboxylic acids is 1. The number of carbonyl (C=O) groups is 4. The van der Waals surface area contributed by atoms with Crippen molar-refractivity contribution in [2.24, 2.45) is 11.8 Å².